The fourth-order valence-corrected chi connectivity index (χ4v) is 0.968. The highest BCUT2D eigenvalue weighted by atomic mass is 19.4. The van der Waals surface area contributed by atoms with Gasteiger partial charge in [-0.2, -0.15) is 13.2 Å². The number of pyridine rings is 1. The average molecular weight is 228 g/mol. The monoisotopic (exact) mass is 228 g/mol. The summed E-state index contributed by atoms with van der Waals surface area (Å²) >= 11 is 0. The summed E-state index contributed by atoms with van der Waals surface area (Å²) in [6.45, 7) is 0. The maximum atomic E-state index is 12.1. The van der Waals surface area contributed by atoms with E-state index in [1.807, 2.05) is 0 Å². The fraction of sp³-hybridized carbons (Fsp3) is 0.286. The zero-order chi connectivity index (χ0) is 11.8. The van der Waals surface area contributed by atoms with Crippen LogP contribution < -0.4 is 11.2 Å². The molecule has 0 aromatic carbocycles. The summed E-state index contributed by atoms with van der Waals surface area (Å²) in [5, 5.41) is 0. The van der Waals surface area contributed by atoms with Crippen LogP contribution in [0.4, 0.5) is 27.8 Å². The molecule has 0 saturated heterocycles. The second kappa shape index (κ2) is 3.52. The lowest BCUT2D eigenvalue weighted by atomic mass is 10.2. The molecule has 0 amide bonds. The highest BCUT2D eigenvalue weighted by Crippen LogP contribution is 2.29. The Hall–Kier alpha value is -1.60. The molecule has 0 spiro atoms. The number of nitrogens with one attached hydrogen (secondary N) is 1. The molecule has 0 aliphatic heterocycles. The minimum Gasteiger partial charge on any atom is -0.385 e. The number of nitrogens with two attached hydrogens (primary N) is 1. The molecule has 1 aromatic rings. The van der Waals surface area contributed by atoms with Gasteiger partial charge in [0.1, 0.15) is 17.1 Å². The molecule has 0 saturated carbocycles. The van der Waals surface area contributed by atoms with Gasteiger partial charge in [-0.25, -0.2) is 8.78 Å². The summed E-state index contributed by atoms with van der Waals surface area (Å²) < 4.78 is 60.5. The average Bonchev–Trinajstić information content (AvgIpc) is 1.99. The van der Waals surface area contributed by atoms with Crippen molar-refractivity contribution in [2.45, 2.75) is 12.6 Å². The van der Waals surface area contributed by atoms with E-state index in [0.29, 0.717) is 0 Å². The minimum atomic E-state index is -4.83. The SMILES string of the molecule is Nc1[nH]c(C(F)(F)F)cc(=O)c1C(F)F. The summed E-state index contributed by atoms with van der Waals surface area (Å²) in [6.07, 6.45) is -8.04. The first-order valence-electron chi connectivity index (χ1n) is 3.61. The van der Waals surface area contributed by atoms with Crippen LogP contribution in [0.5, 0.6) is 0 Å². The molecule has 15 heavy (non-hydrogen) atoms. The number of alkyl halides is 5. The van der Waals surface area contributed by atoms with Crippen molar-refractivity contribution in [2.24, 2.45) is 0 Å². The Morgan fingerprint density at radius 3 is 2.20 bits per heavy atom. The van der Waals surface area contributed by atoms with Crippen molar-refractivity contribution in [3.63, 3.8) is 0 Å². The minimum absolute atomic E-state index is 0.0534. The molecule has 3 N–H and O–H groups in total. The van der Waals surface area contributed by atoms with Gasteiger partial charge in [0.15, 0.2) is 5.43 Å². The van der Waals surface area contributed by atoms with Crippen LogP contribution in [0.2, 0.25) is 0 Å². The van der Waals surface area contributed by atoms with Crippen LogP contribution in [0, 0.1) is 0 Å². The van der Waals surface area contributed by atoms with Crippen molar-refractivity contribution >= 4 is 5.82 Å². The molecule has 0 unspecified atom stereocenters. The van der Waals surface area contributed by atoms with Crippen LogP contribution in [0.25, 0.3) is 0 Å². The van der Waals surface area contributed by atoms with Gasteiger partial charge < -0.3 is 10.7 Å². The lowest BCUT2D eigenvalue weighted by Crippen LogP contribution is -2.19. The summed E-state index contributed by atoms with van der Waals surface area (Å²) in [6, 6.07) is 0.0534. The molecule has 0 fully saturated rings. The third-order valence-electron chi connectivity index (χ3n) is 1.62. The van der Waals surface area contributed by atoms with Gasteiger partial charge in [-0.05, 0) is 0 Å². The topological polar surface area (TPSA) is 58.9 Å². The van der Waals surface area contributed by atoms with Crippen molar-refractivity contribution in [2.75, 3.05) is 5.73 Å². The van der Waals surface area contributed by atoms with Gasteiger partial charge in [0, 0.05) is 6.07 Å². The second-order valence-corrected chi connectivity index (χ2v) is 2.67. The molecular formula is C7H5F5N2O. The first kappa shape index (κ1) is 11.5. The highest BCUT2D eigenvalue weighted by Gasteiger charge is 2.33. The number of anilines is 1. The summed E-state index contributed by atoms with van der Waals surface area (Å²) in [4.78, 5) is 12.4. The summed E-state index contributed by atoms with van der Waals surface area (Å²) in [7, 11) is 0. The molecule has 8 heteroatoms. The van der Waals surface area contributed by atoms with Gasteiger partial charge >= 0.3 is 6.18 Å². The molecule has 0 radical (unpaired) electrons. The van der Waals surface area contributed by atoms with Crippen molar-refractivity contribution in [3.05, 3.63) is 27.5 Å². The predicted octanol–water partition coefficient (Wildman–Crippen LogP) is 1.91. The number of aromatic nitrogens is 1. The molecule has 0 bridgehead atoms. The first-order valence-corrected chi connectivity index (χ1v) is 3.61. The largest absolute Gasteiger partial charge is 0.431 e. The molecule has 1 heterocycles. The Bertz CT molecular complexity index is 422. The van der Waals surface area contributed by atoms with E-state index in [9.17, 15) is 26.7 Å². The molecule has 3 nitrogen and oxygen atoms in total. The number of hydrogen-bond acceptors (Lipinski definition) is 2. The molecule has 0 atom stereocenters. The van der Waals surface area contributed by atoms with Crippen LogP contribution in [0.3, 0.4) is 0 Å². The Morgan fingerprint density at radius 2 is 1.87 bits per heavy atom. The number of aromatic amines is 1. The quantitative estimate of drug-likeness (QED) is 0.721. The van der Waals surface area contributed by atoms with E-state index in [1.54, 1.807) is 0 Å². The Kier molecular flexibility index (Phi) is 2.69. The van der Waals surface area contributed by atoms with Crippen LogP contribution in [0.1, 0.15) is 17.7 Å². The standard InChI is InChI=1S/C7H5F5N2O/c8-5(9)4-2(15)1-3(7(10,11)12)14-6(4)13/h1,5H,(H3,13,14,15). The number of H-pyrrole nitrogens is 1. The van der Waals surface area contributed by atoms with Gasteiger partial charge in [0.05, 0.1) is 0 Å². The van der Waals surface area contributed by atoms with Gasteiger partial charge in [0.2, 0.25) is 0 Å². The zero-order valence-corrected chi connectivity index (χ0v) is 7.03. The van der Waals surface area contributed by atoms with E-state index in [1.165, 1.54) is 4.98 Å². The fourth-order valence-electron chi connectivity index (χ4n) is 0.968. The van der Waals surface area contributed by atoms with E-state index < -0.39 is 35.1 Å². The normalized spacial score (nSPS) is 12.1. The van der Waals surface area contributed by atoms with Crippen LogP contribution in [-0.4, -0.2) is 4.98 Å². The van der Waals surface area contributed by atoms with Gasteiger partial charge in [-0.3, -0.25) is 4.79 Å². The van der Waals surface area contributed by atoms with Crippen molar-refractivity contribution in [1.29, 1.82) is 0 Å². The lowest BCUT2D eigenvalue weighted by molar-refractivity contribution is -0.141. The Morgan fingerprint density at radius 1 is 1.33 bits per heavy atom. The predicted molar refractivity (Wildman–Crippen MR) is 41.4 cm³/mol. The molecule has 1 rings (SSSR count). The van der Waals surface area contributed by atoms with Crippen LogP contribution in [-0.2, 0) is 6.18 Å². The number of halogens is 5. The van der Waals surface area contributed by atoms with E-state index >= 15 is 0 Å². The van der Waals surface area contributed by atoms with Gasteiger partial charge in [-0.15, -0.1) is 0 Å². The smallest absolute Gasteiger partial charge is 0.385 e. The number of hydrogen-bond donors (Lipinski definition) is 2. The van der Waals surface area contributed by atoms with E-state index in [4.69, 9.17) is 5.73 Å². The van der Waals surface area contributed by atoms with E-state index in [-0.39, 0.29) is 6.07 Å². The summed E-state index contributed by atoms with van der Waals surface area (Å²) in [5.74, 6) is -0.968. The van der Waals surface area contributed by atoms with E-state index in [2.05, 4.69) is 0 Å². The van der Waals surface area contributed by atoms with Gasteiger partial charge in [-0.1, -0.05) is 0 Å². The van der Waals surface area contributed by atoms with Crippen LogP contribution >= 0.6 is 0 Å². The maximum absolute atomic E-state index is 12.1. The number of nitrogen functional groups attached to an aromatic ring is 1. The second-order valence-electron chi connectivity index (χ2n) is 2.67. The molecule has 84 valence electrons. The maximum Gasteiger partial charge on any atom is 0.431 e. The van der Waals surface area contributed by atoms with E-state index in [0.717, 1.165) is 0 Å². The molecule has 1 aromatic heterocycles. The van der Waals surface area contributed by atoms with Crippen molar-refractivity contribution in [3.8, 4) is 0 Å². The first-order chi connectivity index (χ1) is 6.73. The zero-order valence-electron chi connectivity index (χ0n) is 7.03. The molecular weight excluding hydrogens is 223 g/mol. The van der Waals surface area contributed by atoms with Gasteiger partial charge in [0.25, 0.3) is 6.43 Å². The molecule has 0 aliphatic rings. The van der Waals surface area contributed by atoms with Crippen molar-refractivity contribution < 1.29 is 22.0 Å². The van der Waals surface area contributed by atoms with Crippen LogP contribution in [0.15, 0.2) is 10.9 Å². The third-order valence-corrected chi connectivity index (χ3v) is 1.62. The lowest BCUT2D eigenvalue weighted by Gasteiger charge is -2.09. The highest BCUT2D eigenvalue weighted by molar-refractivity contribution is 5.41. The third kappa shape index (κ3) is 2.25. The Balaban J connectivity index is 3.39. The molecule has 0 aliphatic carbocycles. The summed E-state index contributed by atoms with van der Waals surface area (Å²) in [5.41, 5.74) is 0.848. The number of rotatable bonds is 1. The Labute approximate surface area is 79.7 Å². The van der Waals surface area contributed by atoms with Crippen molar-refractivity contribution in [1.82, 2.24) is 4.98 Å².